The summed E-state index contributed by atoms with van der Waals surface area (Å²) in [6.45, 7) is 13.0. The van der Waals surface area contributed by atoms with Gasteiger partial charge < -0.3 is 0 Å². The van der Waals surface area contributed by atoms with Crippen LogP contribution < -0.4 is 0 Å². The van der Waals surface area contributed by atoms with E-state index in [9.17, 15) is 0 Å². The Morgan fingerprint density at radius 3 is 1.80 bits per heavy atom. The average Bonchev–Trinajstić information content (AvgIpc) is 2.45. The lowest BCUT2D eigenvalue weighted by Crippen LogP contribution is -1.86. The predicted molar refractivity (Wildman–Crippen MR) is 90.6 cm³/mol. The largest absolute Gasteiger partial charge is 0.0613 e. The lowest BCUT2D eigenvalue weighted by molar-refractivity contribution is 1.10. The molecule has 0 unspecified atom stereocenters. The van der Waals surface area contributed by atoms with E-state index in [2.05, 4.69) is 77.9 Å². The summed E-state index contributed by atoms with van der Waals surface area (Å²) in [7, 11) is 0. The summed E-state index contributed by atoms with van der Waals surface area (Å²) in [4.78, 5) is 0. The van der Waals surface area contributed by atoms with Crippen molar-refractivity contribution in [1.82, 2.24) is 0 Å². The normalized spacial score (nSPS) is 9.90. The average molecular weight is 268 g/mol. The van der Waals surface area contributed by atoms with Gasteiger partial charge in [0.05, 0.1) is 0 Å². The Labute approximate surface area is 124 Å². The van der Waals surface area contributed by atoms with Crippen molar-refractivity contribution in [1.29, 1.82) is 0 Å². The molecule has 0 fully saturated rings. The molecule has 0 aliphatic heterocycles. The predicted octanol–water partition coefficient (Wildman–Crippen LogP) is 5.73. The van der Waals surface area contributed by atoms with Gasteiger partial charge in [0.2, 0.25) is 0 Å². The molecule has 0 amide bonds. The fourth-order valence-electron chi connectivity index (χ4n) is 2.20. The lowest BCUT2D eigenvalue weighted by atomic mass is 10.0. The topological polar surface area (TPSA) is 0 Å². The maximum absolute atomic E-state index is 2.26. The van der Waals surface area contributed by atoms with Crippen molar-refractivity contribution in [2.24, 2.45) is 0 Å². The van der Waals surface area contributed by atoms with Crippen LogP contribution in [-0.2, 0) is 12.8 Å². The van der Waals surface area contributed by atoms with Gasteiger partial charge in [-0.1, -0.05) is 55.8 Å². The zero-order chi connectivity index (χ0) is 15.1. The number of hydrogen-bond acceptors (Lipinski definition) is 0. The molecule has 108 valence electrons. The summed E-state index contributed by atoms with van der Waals surface area (Å²) in [5.41, 5.74) is 8.47. The SMILES string of the molecule is CCc1cc(C)ccc1C.CCc1ccc(C)c(C)c1. The Kier molecular flexibility index (Phi) is 6.51. The van der Waals surface area contributed by atoms with Crippen LogP contribution in [0, 0.1) is 27.7 Å². The van der Waals surface area contributed by atoms with E-state index in [-0.39, 0.29) is 0 Å². The standard InChI is InChI=1S/2C10H14/c1-4-10-6-5-8(2)9(3)7-10;1-4-10-7-8(2)5-6-9(10)3/h2*5-7H,4H2,1-3H3. The van der Waals surface area contributed by atoms with Crippen LogP contribution >= 0.6 is 0 Å². The van der Waals surface area contributed by atoms with Crippen molar-refractivity contribution < 1.29 is 0 Å². The minimum Gasteiger partial charge on any atom is -0.0613 e. The van der Waals surface area contributed by atoms with Gasteiger partial charge in [-0.05, 0) is 68.4 Å². The van der Waals surface area contributed by atoms with Crippen LogP contribution in [0.4, 0.5) is 0 Å². The summed E-state index contributed by atoms with van der Waals surface area (Å²) in [5, 5.41) is 0. The van der Waals surface area contributed by atoms with Crippen LogP contribution in [-0.4, -0.2) is 0 Å². The van der Waals surface area contributed by atoms with Crippen molar-refractivity contribution in [3.63, 3.8) is 0 Å². The van der Waals surface area contributed by atoms with Gasteiger partial charge in [0.25, 0.3) is 0 Å². The number of hydrogen-bond donors (Lipinski definition) is 0. The monoisotopic (exact) mass is 268 g/mol. The first kappa shape index (κ1) is 16.5. The van der Waals surface area contributed by atoms with Crippen LogP contribution in [0.2, 0.25) is 0 Å². The van der Waals surface area contributed by atoms with Crippen LogP contribution in [0.3, 0.4) is 0 Å². The summed E-state index contributed by atoms with van der Waals surface area (Å²) in [5.74, 6) is 0. The van der Waals surface area contributed by atoms with E-state index in [0.29, 0.717) is 0 Å². The lowest BCUT2D eigenvalue weighted by Gasteiger charge is -2.02. The summed E-state index contributed by atoms with van der Waals surface area (Å²) in [6, 6.07) is 13.3. The van der Waals surface area contributed by atoms with Crippen molar-refractivity contribution in [3.8, 4) is 0 Å². The van der Waals surface area contributed by atoms with Gasteiger partial charge in [0.15, 0.2) is 0 Å². The number of benzene rings is 2. The summed E-state index contributed by atoms with van der Waals surface area (Å²) in [6.07, 6.45) is 2.29. The molecule has 0 radical (unpaired) electrons. The van der Waals surface area contributed by atoms with E-state index in [1.165, 1.54) is 33.4 Å². The Balaban J connectivity index is 0.000000200. The second kappa shape index (κ2) is 7.89. The molecule has 0 saturated heterocycles. The first-order chi connectivity index (χ1) is 9.47. The Hall–Kier alpha value is -1.56. The second-order valence-electron chi connectivity index (χ2n) is 5.56. The first-order valence-electron chi connectivity index (χ1n) is 7.60. The van der Waals surface area contributed by atoms with Crippen LogP contribution in [0.5, 0.6) is 0 Å². The molecule has 2 rings (SSSR count). The maximum atomic E-state index is 2.26. The Morgan fingerprint density at radius 2 is 1.30 bits per heavy atom. The third kappa shape index (κ3) is 4.85. The van der Waals surface area contributed by atoms with Gasteiger partial charge in [0.1, 0.15) is 0 Å². The minimum absolute atomic E-state index is 1.14. The third-order valence-corrected chi connectivity index (χ3v) is 3.87. The highest BCUT2D eigenvalue weighted by molar-refractivity contribution is 5.30. The highest BCUT2D eigenvalue weighted by atomic mass is 14.0. The highest BCUT2D eigenvalue weighted by Crippen LogP contribution is 2.10. The molecule has 0 heterocycles. The molecular formula is C20H28. The summed E-state index contributed by atoms with van der Waals surface area (Å²) >= 11 is 0. The van der Waals surface area contributed by atoms with Gasteiger partial charge in [-0.15, -0.1) is 0 Å². The van der Waals surface area contributed by atoms with Crippen molar-refractivity contribution in [3.05, 3.63) is 69.8 Å². The van der Waals surface area contributed by atoms with Crippen molar-refractivity contribution in [2.45, 2.75) is 54.4 Å². The Morgan fingerprint density at radius 1 is 0.650 bits per heavy atom. The van der Waals surface area contributed by atoms with Gasteiger partial charge in [-0.2, -0.15) is 0 Å². The Bertz CT molecular complexity index is 550. The van der Waals surface area contributed by atoms with E-state index in [1.54, 1.807) is 0 Å². The first-order valence-corrected chi connectivity index (χ1v) is 7.60. The molecule has 2 aromatic rings. The fraction of sp³-hybridized carbons (Fsp3) is 0.400. The molecule has 0 bridgehead atoms. The second-order valence-corrected chi connectivity index (χ2v) is 5.56. The van der Waals surface area contributed by atoms with Gasteiger partial charge in [-0.3, -0.25) is 0 Å². The molecule has 0 heteroatoms. The van der Waals surface area contributed by atoms with Crippen LogP contribution in [0.25, 0.3) is 0 Å². The highest BCUT2D eigenvalue weighted by Gasteiger charge is 1.93. The zero-order valence-corrected chi connectivity index (χ0v) is 13.9. The molecule has 0 aromatic heterocycles. The van der Waals surface area contributed by atoms with Crippen LogP contribution in [0.1, 0.15) is 47.2 Å². The molecule has 0 saturated carbocycles. The van der Waals surface area contributed by atoms with E-state index < -0.39 is 0 Å². The van der Waals surface area contributed by atoms with Gasteiger partial charge in [0, 0.05) is 0 Å². The molecular weight excluding hydrogens is 240 g/mol. The maximum Gasteiger partial charge on any atom is -0.0305 e. The zero-order valence-electron chi connectivity index (χ0n) is 13.9. The van der Waals surface area contributed by atoms with E-state index >= 15 is 0 Å². The van der Waals surface area contributed by atoms with Crippen molar-refractivity contribution in [2.75, 3.05) is 0 Å². The van der Waals surface area contributed by atoms with Crippen molar-refractivity contribution >= 4 is 0 Å². The summed E-state index contributed by atoms with van der Waals surface area (Å²) < 4.78 is 0. The molecule has 0 spiro atoms. The third-order valence-electron chi connectivity index (χ3n) is 3.87. The molecule has 20 heavy (non-hydrogen) atoms. The molecule has 0 aliphatic rings. The number of aryl methyl sites for hydroxylation is 6. The number of rotatable bonds is 2. The molecule has 0 aliphatic carbocycles. The van der Waals surface area contributed by atoms with E-state index in [0.717, 1.165) is 12.8 Å². The fourth-order valence-corrected chi connectivity index (χ4v) is 2.20. The molecule has 0 N–H and O–H groups in total. The molecule has 0 atom stereocenters. The smallest absolute Gasteiger partial charge is 0.0305 e. The quantitative estimate of drug-likeness (QED) is 0.652. The minimum atomic E-state index is 1.14. The van der Waals surface area contributed by atoms with E-state index in [4.69, 9.17) is 0 Å². The molecule has 0 nitrogen and oxygen atoms in total. The van der Waals surface area contributed by atoms with Crippen LogP contribution in [0.15, 0.2) is 36.4 Å². The van der Waals surface area contributed by atoms with Gasteiger partial charge in [-0.25, -0.2) is 0 Å². The van der Waals surface area contributed by atoms with Gasteiger partial charge >= 0.3 is 0 Å². The van der Waals surface area contributed by atoms with E-state index in [1.807, 2.05) is 0 Å². The molecule has 2 aromatic carbocycles.